The molecule has 0 aromatic carbocycles. The van der Waals surface area contributed by atoms with Gasteiger partial charge in [-0.25, -0.2) is 0 Å². The number of nitrogens with one attached hydrogen (secondary N) is 1. The lowest BCUT2D eigenvalue weighted by molar-refractivity contribution is 0.125. The van der Waals surface area contributed by atoms with E-state index < -0.39 is 0 Å². The molecular weight excluding hydrogens is 260 g/mol. The minimum Gasteiger partial charge on any atom is -0.394 e. The third kappa shape index (κ3) is 7.62. The molecule has 2 N–H and O–H groups in total. The number of hydrogen-bond donors (Lipinski definition) is 2. The van der Waals surface area contributed by atoms with E-state index in [2.05, 4.69) is 51.8 Å². The minimum atomic E-state index is -0.0772. The molecule has 1 unspecified atom stereocenters. The van der Waals surface area contributed by atoms with Crippen LogP contribution in [0, 0.1) is 5.92 Å². The highest BCUT2D eigenvalue weighted by Gasteiger charge is 2.26. The predicted molar refractivity (Wildman–Crippen MR) is 93.8 cm³/mol. The molecular formula is C18H40N2O. The van der Waals surface area contributed by atoms with Crippen molar-refractivity contribution in [2.24, 2.45) is 5.92 Å². The third-order valence-corrected chi connectivity index (χ3v) is 4.69. The first-order valence-corrected chi connectivity index (χ1v) is 9.08. The molecule has 0 radical (unpaired) electrons. The van der Waals surface area contributed by atoms with E-state index in [0.717, 1.165) is 32.4 Å². The van der Waals surface area contributed by atoms with Crippen molar-refractivity contribution < 1.29 is 5.11 Å². The maximum Gasteiger partial charge on any atom is 0.0613 e. The van der Waals surface area contributed by atoms with E-state index in [1.807, 2.05) is 0 Å². The largest absolute Gasteiger partial charge is 0.394 e. The molecule has 0 spiro atoms. The van der Waals surface area contributed by atoms with Crippen LogP contribution in [0.1, 0.15) is 73.6 Å². The molecule has 21 heavy (non-hydrogen) atoms. The van der Waals surface area contributed by atoms with Gasteiger partial charge in [-0.3, -0.25) is 0 Å². The molecule has 0 fully saturated rings. The summed E-state index contributed by atoms with van der Waals surface area (Å²) in [6.45, 7) is 17.0. The molecule has 3 nitrogen and oxygen atoms in total. The lowest BCUT2D eigenvalue weighted by Crippen LogP contribution is -2.48. The number of nitrogens with zero attached hydrogens (tertiary/aromatic N) is 1. The lowest BCUT2D eigenvalue weighted by Gasteiger charge is -2.35. The molecule has 128 valence electrons. The Balaban J connectivity index is 4.52. The van der Waals surface area contributed by atoms with Crippen LogP contribution in [0.4, 0.5) is 0 Å². The molecule has 0 aliphatic heterocycles. The zero-order chi connectivity index (χ0) is 16.3. The number of likely N-dealkylation sites (N-methyl/N-ethyl adjacent to an activating group) is 1. The topological polar surface area (TPSA) is 35.5 Å². The van der Waals surface area contributed by atoms with Gasteiger partial charge in [0.05, 0.1) is 6.61 Å². The van der Waals surface area contributed by atoms with Crippen LogP contribution < -0.4 is 5.32 Å². The van der Waals surface area contributed by atoms with Crippen LogP contribution in [0.2, 0.25) is 0 Å². The van der Waals surface area contributed by atoms with Crippen molar-refractivity contribution >= 4 is 0 Å². The van der Waals surface area contributed by atoms with Gasteiger partial charge in [0, 0.05) is 18.1 Å². The van der Waals surface area contributed by atoms with Crippen LogP contribution >= 0.6 is 0 Å². The Morgan fingerprint density at radius 2 is 1.71 bits per heavy atom. The standard InChI is InChI=1S/C18H40N2O/c1-7-17(8-2)20(14-16(5)6)13-11-12-18(9-3,15-21)19-10-4/h16-17,19,21H,7-15H2,1-6H3. The van der Waals surface area contributed by atoms with Crippen molar-refractivity contribution in [3.63, 3.8) is 0 Å². The molecule has 0 aromatic heterocycles. The van der Waals surface area contributed by atoms with Crippen molar-refractivity contribution in [2.45, 2.75) is 85.2 Å². The molecule has 0 heterocycles. The van der Waals surface area contributed by atoms with E-state index in [-0.39, 0.29) is 12.1 Å². The molecule has 0 aliphatic rings. The third-order valence-electron chi connectivity index (χ3n) is 4.69. The van der Waals surface area contributed by atoms with Gasteiger partial charge in [-0.1, -0.05) is 41.5 Å². The summed E-state index contributed by atoms with van der Waals surface area (Å²) in [6.07, 6.45) is 5.67. The minimum absolute atomic E-state index is 0.0772. The van der Waals surface area contributed by atoms with Crippen LogP contribution in [0.25, 0.3) is 0 Å². The normalized spacial score (nSPS) is 15.1. The quantitative estimate of drug-likeness (QED) is 0.545. The van der Waals surface area contributed by atoms with Crippen molar-refractivity contribution in [2.75, 3.05) is 26.2 Å². The zero-order valence-corrected chi connectivity index (χ0v) is 15.4. The summed E-state index contributed by atoms with van der Waals surface area (Å²) < 4.78 is 0. The molecule has 0 aromatic rings. The molecule has 0 bridgehead atoms. The van der Waals surface area contributed by atoms with E-state index in [1.165, 1.54) is 19.4 Å². The molecule has 0 rings (SSSR count). The smallest absolute Gasteiger partial charge is 0.0613 e. The van der Waals surface area contributed by atoms with Crippen LogP contribution in [-0.4, -0.2) is 47.8 Å². The molecule has 1 atom stereocenters. The second kappa shape index (κ2) is 11.4. The monoisotopic (exact) mass is 300 g/mol. The van der Waals surface area contributed by atoms with Crippen molar-refractivity contribution in [1.82, 2.24) is 10.2 Å². The highest BCUT2D eigenvalue weighted by atomic mass is 16.3. The highest BCUT2D eigenvalue weighted by Crippen LogP contribution is 2.19. The molecule has 0 saturated carbocycles. The van der Waals surface area contributed by atoms with E-state index in [1.54, 1.807) is 0 Å². The van der Waals surface area contributed by atoms with Gasteiger partial charge in [0.1, 0.15) is 0 Å². The number of hydrogen-bond acceptors (Lipinski definition) is 3. The molecule has 0 aliphatic carbocycles. The number of rotatable bonds is 13. The van der Waals surface area contributed by atoms with Gasteiger partial charge >= 0.3 is 0 Å². The Bertz CT molecular complexity index is 235. The Kier molecular flexibility index (Phi) is 11.4. The van der Waals surface area contributed by atoms with Crippen LogP contribution in [0.3, 0.4) is 0 Å². The van der Waals surface area contributed by atoms with Gasteiger partial charge in [0.2, 0.25) is 0 Å². The predicted octanol–water partition coefficient (Wildman–Crippen LogP) is 3.66. The highest BCUT2D eigenvalue weighted by molar-refractivity contribution is 4.86. The Morgan fingerprint density at radius 1 is 1.10 bits per heavy atom. The van der Waals surface area contributed by atoms with Gasteiger partial charge in [-0.05, 0) is 51.1 Å². The maximum atomic E-state index is 9.74. The zero-order valence-electron chi connectivity index (χ0n) is 15.4. The number of aliphatic hydroxyl groups is 1. The van der Waals surface area contributed by atoms with Crippen LogP contribution in [0.15, 0.2) is 0 Å². The summed E-state index contributed by atoms with van der Waals surface area (Å²) >= 11 is 0. The molecule has 3 heteroatoms. The van der Waals surface area contributed by atoms with Gasteiger partial charge in [-0.2, -0.15) is 0 Å². The lowest BCUT2D eigenvalue weighted by atomic mass is 9.90. The average Bonchev–Trinajstić information content (AvgIpc) is 2.46. The van der Waals surface area contributed by atoms with E-state index in [9.17, 15) is 5.11 Å². The van der Waals surface area contributed by atoms with Gasteiger partial charge in [0.25, 0.3) is 0 Å². The molecule has 0 amide bonds. The summed E-state index contributed by atoms with van der Waals surface area (Å²) in [7, 11) is 0. The van der Waals surface area contributed by atoms with Crippen molar-refractivity contribution in [3.05, 3.63) is 0 Å². The Labute approximate surface area is 133 Å². The fourth-order valence-corrected chi connectivity index (χ4v) is 3.33. The fourth-order valence-electron chi connectivity index (χ4n) is 3.33. The first-order valence-electron chi connectivity index (χ1n) is 9.08. The summed E-state index contributed by atoms with van der Waals surface area (Å²) in [5.41, 5.74) is -0.0772. The van der Waals surface area contributed by atoms with E-state index >= 15 is 0 Å². The van der Waals surface area contributed by atoms with E-state index in [0.29, 0.717) is 12.0 Å². The first-order chi connectivity index (χ1) is 9.98. The second-order valence-electron chi connectivity index (χ2n) is 6.78. The Morgan fingerprint density at radius 3 is 2.10 bits per heavy atom. The fraction of sp³-hybridized carbons (Fsp3) is 1.00. The summed E-state index contributed by atoms with van der Waals surface area (Å²) in [5.74, 6) is 0.716. The van der Waals surface area contributed by atoms with Gasteiger partial charge < -0.3 is 15.3 Å². The van der Waals surface area contributed by atoms with Crippen LogP contribution in [-0.2, 0) is 0 Å². The summed E-state index contributed by atoms with van der Waals surface area (Å²) in [4.78, 5) is 2.66. The number of aliphatic hydroxyl groups excluding tert-OH is 1. The average molecular weight is 301 g/mol. The second-order valence-corrected chi connectivity index (χ2v) is 6.78. The Hall–Kier alpha value is -0.120. The summed E-state index contributed by atoms with van der Waals surface area (Å²) in [5, 5.41) is 13.2. The van der Waals surface area contributed by atoms with Crippen LogP contribution in [0.5, 0.6) is 0 Å². The van der Waals surface area contributed by atoms with Gasteiger partial charge in [0.15, 0.2) is 0 Å². The summed E-state index contributed by atoms with van der Waals surface area (Å²) in [6, 6.07) is 0.705. The van der Waals surface area contributed by atoms with Gasteiger partial charge in [-0.15, -0.1) is 0 Å². The maximum absolute atomic E-state index is 9.74. The van der Waals surface area contributed by atoms with Crippen molar-refractivity contribution in [1.29, 1.82) is 0 Å². The first kappa shape index (κ1) is 20.9. The molecule has 0 saturated heterocycles. The SMILES string of the molecule is CCNC(CC)(CO)CCCN(CC(C)C)C(CC)CC. The van der Waals surface area contributed by atoms with E-state index in [4.69, 9.17) is 0 Å². The van der Waals surface area contributed by atoms with Crippen molar-refractivity contribution in [3.8, 4) is 0 Å².